The predicted molar refractivity (Wildman–Crippen MR) is 226 cm³/mol. The van der Waals surface area contributed by atoms with Gasteiger partial charge in [-0.2, -0.15) is 5.26 Å². The molecule has 0 amide bonds. The van der Waals surface area contributed by atoms with Crippen LogP contribution in [-0.2, 0) is 0 Å². The van der Waals surface area contributed by atoms with E-state index < -0.39 is 0 Å². The monoisotopic (exact) mass is 699 g/mol. The van der Waals surface area contributed by atoms with Crippen LogP contribution >= 0.6 is 0 Å². The van der Waals surface area contributed by atoms with Crippen molar-refractivity contribution < 1.29 is 0 Å². The molecule has 55 heavy (non-hydrogen) atoms. The van der Waals surface area contributed by atoms with Gasteiger partial charge >= 0.3 is 0 Å². The fraction of sp³-hybridized carbons (Fsp3) is 0. The summed E-state index contributed by atoms with van der Waals surface area (Å²) < 4.78 is 6.84. The van der Waals surface area contributed by atoms with E-state index in [1.807, 2.05) is 24.3 Å². The maximum Gasteiger partial charge on any atom is 0.196 e. The molecule has 5 nitrogen and oxygen atoms in total. The molecule has 0 bridgehead atoms. The van der Waals surface area contributed by atoms with Crippen LogP contribution < -0.4 is 0 Å². The number of rotatable bonds is 4. The molecule has 0 saturated carbocycles. The van der Waals surface area contributed by atoms with Gasteiger partial charge in [-0.25, -0.2) is 4.85 Å². The molecule has 0 aliphatic carbocycles. The van der Waals surface area contributed by atoms with Crippen molar-refractivity contribution in [3.8, 4) is 34.3 Å². The number of para-hydroxylation sites is 4. The van der Waals surface area contributed by atoms with Crippen LogP contribution in [0.25, 0.3) is 98.5 Å². The van der Waals surface area contributed by atoms with Crippen molar-refractivity contribution in [2.75, 3.05) is 0 Å². The Hall–Kier alpha value is -7.86. The number of hydrogen-bond donors (Lipinski definition) is 0. The highest BCUT2D eigenvalue weighted by molar-refractivity contribution is 6.13. The first-order valence-electron chi connectivity index (χ1n) is 18.3. The van der Waals surface area contributed by atoms with E-state index in [0.29, 0.717) is 11.3 Å². The van der Waals surface area contributed by atoms with E-state index in [0.717, 1.165) is 72.1 Å². The molecule has 11 aromatic rings. The lowest BCUT2D eigenvalue weighted by molar-refractivity contribution is 1.17. The molecule has 3 aromatic heterocycles. The third kappa shape index (κ3) is 4.51. The van der Waals surface area contributed by atoms with Gasteiger partial charge < -0.3 is 13.7 Å². The number of nitrogens with zero attached hydrogens (tertiary/aromatic N) is 5. The summed E-state index contributed by atoms with van der Waals surface area (Å²) in [5, 5.41) is 16.8. The van der Waals surface area contributed by atoms with Gasteiger partial charge in [-0.3, -0.25) is 0 Å². The largest absolute Gasteiger partial charge is 0.311 e. The van der Waals surface area contributed by atoms with Gasteiger partial charge in [-0.05, 0) is 96.1 Å². The van der Waals surface area contributed by atoms with Gasteiger partial charge in [-0.1, -0.05) is 91.0 Å². The quantitative estimate of drug-likeness (QED) is 0.169. The van der Waals surface area contributed by atoms with E-state index in [9.17, 15) is 5.26 Å². The summed E-state index contributed by atoms with van der Waals surface area (Å²) in [6.07, 6.45) is 0. The van der Waals surface area contributed by atoms with Crippen LogP contribution in [0.4, 0.5) is 5.69 Å². The van der Waals surface area contributed by atoms with Gasteiger partial charge in [0.2, 0.25) is 0 Å². The van der Waals surface area contributed by atoms with E-state index in [2.05, 4.69) is 176 Å². The Balaban J connectivity index is 1.08. The van der Waals surface area contributed by atoms with Crippen LogP contribution in [0.3, 0.4) is 0 Å². The minimum absolute atomic E-state index is 0.572. The molecule has 8 aromatic carbocycles. The molecule has 0 unspecified atom stereocenters. The highest BCUT2D eigenvalue weighted by Crippen LogP contribution is 2.40. The van der Waals surface area contributed by atoms with Crippen LogP contribution in [0.5, 0.6) is 0 Å². The fourth-order valence-electron chi connectivity index (χ4n) is 8.71. The maximum atomic E-state index is 9.93. The highest BCUT2D eigenvalue weighted by atomic mass is 15.0. The SMILES string of the molecule is [C-]#[N+]c1cc(-n2c3ccc(C#N)cc3c3cc(-n4c5ccccc5c5ccccc54)ccc32)ccc1-c1cccc(-n2c3ccccc3c3ccccc32)c1. The van der Waals surface area contributed by atoms with E-state index in [-0.39, 0.29) is 0 Å². The van der Waals surface area contributed by atoms with Gasteiger partial charge in [-0.15, -0.1) is 0 Å². The molecule has 0 radical (unpaired) electrons. The highest BCUT2D eigenvalue weighted by Gasteiger charge is 2.19. The first-order valence-corrected chi connectivity index (χ1v) is 18.3. The first kappa shape index (κ1) is 30.7. The lowest BCUT2D eigenvalue weighted by atomic mass is 10.0. The van der Waals surface area contributed by atoms with Crippen LogP contribution in [0.15, 0.2) is 176 Å². The van der Waals surface area contributed by atoms with Gasteiger partial charge in [0.05, 0.1) is 51.3 Å². The van der Waals surface area contributed by atoms with Crippen LogP contribution in [0, 0.1) is 17.9 Å². The molecule has 5 heteroatoms. The summed E-state index contributed by atoms with van der Waals surface area (Å²) in [5.74, 6) is 0. The molecule has 11 rings (SSSR count). The smallest absolute Gasteiger partial charge is 0.196 e. The van der Waals surface area contributed by atoms with E-state index in [4.69, 9.17) is 6.57 Å². The Labute approximate surface area is 316 Å². The molecular weight excluding hydrogens is 671 g/mol. The Bertz CT molecular complexity index is 3360. The zero-order chi connectivity index (χ0) is 36.6. The van der Waals surface area contributed by atoms with Crippen LogP contribution in [0.1, 0.15) is 5.56 Å². The summed E-state index contributed by atoms with van der Waals surface area (Å²) in [5.41, 5.74) is 12.6. The third-order valence-corrected chi connectivity index (χ3v) is 11.1. The zero-order valence-electron chi connectivity index (χ0n) is 29.5. The van der Waals surface area contributed by atoms with Gasteiger partial charge in [0.25, 0.3) is 0 Å². The topological polar surface area (TPSA) is 42.9 Å². The Morgan fingerprint density at radius 3 is 1.40 bits per heavy atom. The second kappa shape index (κ2) is 11.8. The average molecular weight is 700 g/mol. The maximum absolute atomic E-state index is 9.93. The van der Waals surface area contributed by atoms with Crippen molar-refractivity contribution in [2.24, 2.45) is 0 Å². The molecule has 0 spiro atoms. The van der Waals surface area contributed by atoms with E-state index in [1.54, 1.807) is 0 Å². The summed E-state index contributed by atoms with van der Waals surface area (Å²) >= 11 is 0. The van der Waals surface area contributed by atoms with E-state index >= 15 is 0 Å². The van der Waals surface area contributed by atoms with Crippen molar-refractivity contribution in [1.29, 1.82) is 5.26 Å². The van der Waals surface area contributed by atoms with Crippen molar-refractivity contribution in [3.63, 3.8) is 0 Å². The predicted octanol–water partition coefficient (Wildman–Crippen LogP) is 13.1. The van der Waals surface area contributed by atoms with Crippen molar-refractivity contribution in [2.45, 2.75) is 0 Å². The molecule has 3 heterocycles. The first-order chi connectivity index (χ1) is 27.2. The lowest BCUT2D eigenvalue weighted by Gasteiger charge is -2.14. The fourth-order valence-corrected chi connectivity index (χ4v) is 8.71. The standard InChI is InChI=1S/C50H29N5/c1-52-44-30-36(22-24-37(44)33-11-10-12-34(28-33)53-45-17-6-2-13-38(45)39-14-3-7-18-46(39)53)55-49-25-21-32(31-51)27-42(49)43-29-35(23-26-50(43)55)54-47-19-8-4-15-40(47)41-16-5-9-20-48(41)54/h2-30H. The lowest BCUT2D eigenvalue weighted by Crippen LogP contribution is -1.96. The molecule has 0 saturated heterocycles. The van der Waals surface area contributed by atoms with Crippen LogP contribution in [0.2, 0.25) is 0 Å². The number of benzene rings is 8. The minimum atomic E-state index is 0.572. The number of nitriles is 1. The minimum Gasteiger partial charge on any atom is -0.311 e. The van der Waals surface area contributed by atoms with Crippen LogP contribution in [-0.4, -0.2) is 13.7 Å². The van der Waals surface area contributed by atoms with Gasteiger partial charge in [0.1, 0.15) is 0 Å². The average Bonchev–Trinajstić information content (AvgIpc) is 3.88. The number of hydrogen-bond acceptors (Lipinski definition) is 1. The van der Waals surface area contributed by atoms with Gasteiger partial charge in [0.15, 0.2) is 5.69 Å². The molecule has 0 aliphatic rings. The summed E-state index contributed by atoms with van der Waals surface area (Å²) in [4.78, 5) is 4.09. The van der Waals surface area contributed by atoms with Crippen molar-refractivity contribution in [1.82, 2.24) is 13.7 Å². The van der Waals surface area contributed by atoms with E-state index in [1.165, 1.54) is 21.5 Å². The van der Waals surface area contributed by atoms with Gasteiger partial charge in [0, 0.05) is 49.4 Å². The second-order valence-electron chi connectivity index (χ2n) is 14.0. The number of aromatic nitrogens is 3. The molecular formula is C50H29N5. The summed E-state index contributed by atoms with van der Waals surface area (Å²) in [7, 11) is 0. The summed E-state index contributed by atoms with van der Waals surface area (Å²) in [6.45, 7) is 8.36. The third-order valence-electron chi connectivity index (χ3n) is 11.1. The Morgan fingerprint density at radius 2 is 0.855 bits per heavy atom. The van der Waals surface area contributed by atoms with Crippen molar-refractivity contribution in [3.05, 3.63) is 193 Å². The zero-order valence-corrected chi connectivity index (χ0v) is 29.5. The Kier molecular flexibility index (Phi) is 6.61. The van der Waals surface area contributed by atoms with Crippen molar-refractivity contribution >= 4 is 71.1 Å². The molecule has 0 atom stereocenters. The normalized spacial score (nSPS) is 11.6. The molecule has 0 fully saturated rings. The molecule has 0 aliphatic heterocycles. The number of fused-ring (bicyclic) bond motifs is 9. The molecule has 254 valence electrons. The second-order valence-corrected chi connectivity index (χ2v) is 14.0. The molecule has 0 N–H and O–H groups in total. The Morgan fingerprint density at radius 1 is 0.400 bits per heavy atom. The summed E-state index contributed by atoms with van der Waals surface area (Å²) in [6, 6.07) is 63.5.